The van der Waals surface area contributed by atoms with E-state index in [4.69, 9.17) is 10.5 Å². The lowest BCUT2D eigenvalue weighted by atomic mass is 9.96. The van der Waals surface area contributed by atoms with Crippen LogP contribution < -0.4 is 10.6 Å². The Hall–Kier alpha value is -1.71. The topological polar surface area (TPSA) is 55.6 Å². The molecule has 4 nitrogen and oxygen atoms in total. The molecule has 1 saturated heterocycles. The fourth-order valence-electron chi connectivity index (χ4n) is 2.92. The Balaban J connectivity index is 2.36. The monoisotopic (exact) mass is 262 g/mol. The van der Waals surface area contributed by atoms with Gasteiger partial charge in [-0.2, -0.15) is 0 Å². The molecular weight excluding hydrogens is 240 g/mol. The number of esters is 1. The van der Waals surface area contributed by atoms with E-state index in [-0.39, 0.29) is 5.97 Å². The van der Waals surface area contributed by atoms with Crippen molar-refractivity contribution in [2.75, 3.05) is 17.7 Å². The molecule has 0 aliphatic carbocycles. The van der Waals surface area contributed by atoms with E-state index in [1.165, 1.54) is 26.4 Å². The first-order chi connectivity index (χ1) is 9.04. The fourth-order valence-corrected chi connectivity index (χ4v) is 2.92. The number of carbonyl (C=O) groups excluding carboxylic acids is 1. The molecule has 104 valence electrons. The van der Waals surface area contributed by atoms with Crippen molar-refractivity contribution in [2.45, 2.75) is 45.2 Å². The number of ether oxygens (including phenoxy) is 1. The number of anilines is 2. The minimum atomic E-state index is -0.378. The lowest BCUT2D eigenvalue weighted by molar-refractivity contribution is 0.0602. The highest BCUT2D eigenvalue weighted by Gasteiger charge is 2.25. The van der Waals surface area contributed by atoms with Crippen molar-refractivity contribution in [1.29, 1.82) is 0 Å². The highest BCUT2D eigenvalue weighted by atomic mass is 16.5. The van der Waals surface area contributed by atoms with Gasteiger partial charge < -0.3 is 15.4 Å². The second-order valence-electron chi connectivity index (χ2n) is 5.30. The van der Waals surface area contributed by atoms with Crippen LogP contribution in [0.3, 0.4) is 0 Å². The Morgan fingerprint density at radius 3 is 2.53 bits per heavy atom. The number of nitrogens with two attached hydrogens (primary N) is 1. The van der Waals surface area contributed by atoms with Crippen LogP contribution in [-0.4, -0.2) is 25.2 Å². The zero-order valence-corrected chi connectivity index (χ0v) is 11.8. The Morgan fingerprint density at radius 2 is 1.95 bits per heavy atom. The molecular formula is C15H22N2O2. The number of piperidine rings is 1. The molecule has 2 N–H and O–H groups in total. The van der Waals surface area contributed by atoms with E-state index in [9.17, 15) is 4.79 Å². The van der Waals surface area contributed by atoms with Gasteiger partial charge in [-0.25, -0.2) is 4.79 Å². The van der Waals surface area contributed by atoms with Crippen LogP contribution in [0.4, 0.5) is 11.4 Å². The summed E-state index contributed by atoms with van der Waals surface area (Å²) >= 11 is 0. The first kappa shape index (κ1) is 13.7. The quantitative estimate of drug-likeness (QED) is 0.657. The van der Waals surface area contributed by atoms with Crippen molar-refractivity contribution in [1.82, 2.24) is 0 Å². The molecule has 0 saturated carbocycles. The van der Waals surface area contributed by atoms with Gasteiger partial charge in [0, 0.05) is 23.5 Å². The Bertz CT molecular complexity index is 463. The molecule has 0 bridgehead atoms. The summed E-state index contributed by atoms with van der Waals surface area (Å²) in [4.78, 5) is 14.1. The minimum absolute atomic E-state index is 0.378. The van der Waals surface area contributed by atoms with Crippen LogP contribution in [0.15, 0.2) is 18.2 Å². The maximum atomic E-state index is 11.7. The third kappa shape index (κ3) is 2.67. The van der Waals surface area contributed by atoms with Crippen molar-refractivity contribution < 1.29 is 9.53 Å². The van der Waals surface area contributed by atoms with Gasteiger partial charge in [0.1, 0.15) is 0 Å². The van der Waals surface area contributed by atoms with E-state index in [2.05, 4.69) is 18.7 Å². The van der Waals surface area contributed by atoms with Crippen LogP contribution in [0.25, 0.3) is 0 Å². The number of hydrogen-bond acceptors (Lipinski definition) is 4. The second kappa shape index (κ2) is 5.51. The number of nitrogen functional groups attached to an aromatic ring is 1. The van der Waals surface area contributed by atoms with Crippen LogP contribution in [0, 0.1) is 0 Å². The zero-order valence-electron chi connectivity index (χ0n) is 11.8. The average Bonchev–Trinajstić information content (AvgIpc) is 2.39. The number of benzene rings is 1. The summed E-state index contributed by atoms with van der Waals surface area (Å²) in [5.41, 5.74) is 7.81. The van der Waals surface area contributed by atoms with E-state index in [1.54, 1.807) is 6.07 Å². The van der Waals surface area contributed by atoms with Gasteiger partial charge in [0.15, 0.2) is 0 Å². The molecule has 0 amide bonds. The standard InChI is InChI=1S/C15H22N2O2/c1-10-5-4-6-11(2)17(10)12-7-8-14(16)13(9-12)15(18)19-3/h7-11H,4-6,16H2,1-3H3. The summed E-state index contributed by atoms with van der Waals surface area (Å²) in [5.74, 6) is -0.378. The molecule has 1 fully saturated rings. The zero-order chi connectivity index (χ0) is 14.0. The minimum Gasteiger partial charge on any atom is -0.465 e. The molecule has 19 heavy (non-hydrogen) atoms. The number of carbonyl (C=O) groups is 1. The van der Waals surface area contributed by atoms with Crippen LogP contribution in [-0.2, 0) is 4.74 Å². The lowest BCUT2D eigenvalue weighted by Crippen LogP contribution is -2.43. The first-order valence-electron chi connectivity index (χ1n) is 6.80. The molecule has 0 spiro atoms. The van der Waals surface area contributed by atoms with E-state index >= 15 is 0 Å². The number of methoxy groups -OCH3 is 1. The molecule has 1 heterocycles. The van der Waals surface area contributed by atoms with E-state index in [0.29, 0.717) is 23.3 Å². The summed E-state index contributed by atoms with van der Waals surface area (Å²) in [6.45, 7) is 4.45. The highest BCUT2D eigenvalue weighted by molar-refractivity contribution is 5.96. The summed E-state index contributed by atoms with van der Waals surface area (Å²) in [6.07, 6.45) is 3.63. The van der Waals surface area contributed by atoms with Crippen molar-refractivity contribution >= 4 is 17.3 Å². The van der Waals surface area contributed by atoms with Gasteiger partial charge >= 0.3 is 5.97 Å². The predicted molar refractivity (Wildman–Crippen MR) is 77.4 cm³/mol. The number of hydrogen-bond donors (Lipinski definition) is 1. The maximum Gasteiger partial charge on any atom is 0.340 e. The highest BCUT2D eigenvalue weighted by Crippen LogP contribution is 2.31. The third-order valence-corrected chi connectivity index (χ3v) is 3.93. The summed E-state index contributed by atoms with van der Waals surface area (Å²) < 4.78 is 4.78. The molecule has 0 radical (unpaired) electrons. The molecule has 1 aliphatic heterocycles. The molecule has 1 aliphatic rings. The van der Waals surface area contributed by atoms with E-state index in [1.807, 2.05) is 12.1 Å². The lowest BCUT2D eigenvalue weighted by Gasteiger charge is -2.41. The summed E-state index contributed by atoms with van der Waals surface area (Å²) in [5, 5.41) is 0. The van der Waals surface area contributed by atoms with Gasteiger partial charge in [-0.05, 0) is 51.3 Å². The average molecular weight is 262 g/mol. The van der Waals surface area contributed by atoms with Gasteiger partial charge in [0.25, 0.3) is 0 Å². The van der Waals surface area contributed by atoms with Gasteiger partial charge in [0.2, 0.25) is 0 Å². The maximum absolute atomic E-state index is 11.7. The van der Waals surface area contributed by atoms with Crippen LogP contribution in [0.2, 0.25) is 0 Å². The largest absolute Gasteiger partial charge is 0.465 e. The fraction of sp³-hybridized carbons (Fsp3) is 0.533. The molecule has 2 atom stereocenters. The smallest absolute Gasteiger partial charge is 0.340 e. The van der Waals surface area contributed by atoms with Crippen LogP contribution in [0.1, 0.15) is 43.5 Å². The Labute approximate surface area is 114 Å². The predicted octanol–water partition coefficient (Wildman–Crippen LogP) is 2.82. The molecule has 2 rings (SSSR count). The normalized spacial score (nSPS) is 23.2. The second-order valence-corrected chi connectivity index (χ2v) is 5.30. The Morgan fingerprint density at radius 1 is 1.32 bits per heavy atom. The van der Waals surface area contributed by atoms with Gasteiger partial charge in [0.05, 0.1) is 12.7 Å². The Kier molecular flexibility index (Phi) is 3.98. The summed E-state index contributed by atoms with van der Waals surface area (Å²) in [7, 11) is 1.38. The van der Waals surface area contributed by atoms with Gasteiger partial charge in [-0.3, -0.25) is 0 Å². The molecule has 0 aromatic heterocycles. The molecule has 1 aromatic rings. The molecule has 1 aromatic carbocycles. The van der Waals surface area contributed by atoms with Crippen LogP contribution in [0.5, 0.6) is 0 Å². The third-order valence-electron chi connectivity index (χ3n) is 3.93. The van der Waals surface area contributed by atoms with Gasteiger partial charge in [-0.15, -0.1) is 0 Å². The van der Waals surface area contributed by atoms with Crippen molar-refractivity contribution in [3.05, 3.63) is 23.8 Å². The van der Waals surface area contributed by atoms with Crippen LogP contribution >= 0.6 is 0 Å². The van der Waals surface area contributed by atoms with Crippen molar-refractivity contribution in [3.63, 3.8) is 0 Å². The van der Waals surface area contributed by atoms with Crippen molar-refractivity contribution in [3.8, 4) is 0 Å². The van der Waals surface area contributed by atoms with E-state index in [0.717, 1.165) is 5.69 Å². The molecule has 4 heteroatoms. The SMILES string of the molecule is COC(=O)c1cc(N2C(C)CCCC2C)ccc1N. The molecule has 2 unspecified atom stereocenters. The first-order valence-corrected chi connectivity index (χ1v) is 6.80. The summed E-state index contributed by atoms with van der Waals surface area (Å²) in [6, 6.07) is 6.59. The van der Waals surface area contributed by atoms with Gasteiger partial charge in [-0.1, -0.05) is 0 Å². The van der Waals surface area contributed by atoms with Crippen molar-refractivity contribution in [2.24, 2.45) is 0 Å². The number of nitrogens with zero attached hydrogens (tertiary/aromatic N) is 1. The number of rotatable bonds is 2. The van der Waals surface area contributed by atoms with E-state index < -0.39 is 0 Å².